The number of rotatable bonds is 4. The molecule has 1 saturated heterocycles. The van der Waals surface area contributed by atoms with Gasteiger partial charge in [0.2, 0.25) is 5.91 Å². The van der Waals surface area contributed by atoms with Crippen molar-refractivity contribution >= 4 is 23.1 Å². The summed E-state index contributed by atoms with van der Waals surface area (Å²) >= 11 is 4.99. The molecule has 3 N–H and O–H groups in total. The van der Waals surface area contributed by atoms with Crippen LogP contribution in [0.2, 0.25) is 0 Å². The maximum atomic E-state index is 12.4. The molecular formula is C13H24N2O2S. The van der Waals surface area contributed by atoms with Crippen LogP contribution in [0.1, 0.15) is 33.6 Å². The van der Waals surface area contributed by atoms with Crippen LogP contribution in [0.5, 0.6) is 0 Å². The Labute approximate surface area is 115 Å². The number of likely N-dealkylation sites (tertiary alicyclic amines) is 1. The SMILES string of the molecule is CC(C)C(C(=O)N1CCC(C(C)O)CC1)C(N)=S. The van der Waals surface area contributed by atoms with Crippen LogP contribution in [0.25, 0.3) is 0 Å². The van der Waals surface area contributed by atoms with E-state index in [1.54, 1.807) is 0 Å². The molecule has 1 amide bonds. The Morgan fingerprint density at radius 1 is 1.33 bits per heavy atom. The second kappa shape index (κ2) is 6.48. The van der Waals surface area contributed by atoms with Crippen molar-refractivity contribution in [3.05, 3.63) is 0 Å². The van der Waals surface area contributed by atoms with Crippen LogP contribution in [0.15, 0.2) is 0 Å². The first-order valence-electron chi connectivity index (χ1n) is 6.60. The summed E-state index contributed by atoms with van der Waals surface area (Å²) in [6, 6.07) is 0. The molecule has 4 nitrogen and oxygen atoms in total. The number of thiocarbonyl (C=S) groups is 1. The first kappa shape index (κ1) is 15.4. The Morgan fingerprint density at radius 2 is 1.83 bits per heavy atom. The third-order valence-electron chi connectivity index (χ3n) is 3.77. The normalized spacial score (nSPS) is 20.8. The van der Waals surface area contributed by atoms with Crippen LogP contribution in [0.4, 0.5) is 0 Å². The van der Waals surface area contributed by atoms with E-state index in [1.807, 2.05) is 25.7 Å². The van der Waals surface area contributed by atoms with Crippen LogP contribution in [-0.4, -0.2) is 40.1 Å². The quantitative estimate of drug-likeness (QED) is 0.754. The lowest BCUT2D eigenvalue weighted by Gasteiger charge is -2.35. The van der Waals surface area contributed by atoms with Gasteiger partial charge in [0.05, 0.1) is 17.0 Å². The van der Waals surface area contributed by atoms with Gasteiger partial charge in [0.15, 0.2) is 0 Å². The average molecular weight is 272 g/mol. The zero-order chi connectivity index (χ0) is 13.9. The van der Waals surface area contributed by atoms with Crippen molar-refractivity contribution in [3.8, 4) is 0 Å². The van der Waals surface area contributed by atoms with Crippen molar-refractivity contribution in [1.29, 1.82) is 0 Å². The molecular weight excluding hydrogens is 248 g/mol. The lowest BCUT2D eigenvalue weighted by molar-refractivity contribution is -0.136. The summed E-state index contributed by atoms with van der Waals surface area (Å²) in [6.45, 7) is 7.13. The van der Waals surface area contributed by atoms with Crippen LogP contribution in [0, 0.1) is 17.8 Å². The molecule has 0 bridgehead atoms. The summed E-state index contributed by atoms with van der Waals surface area (Å²) in [4.78, 5) is 14.5. The molecule has 1 aliphatic rings. The zero-order valence-electron chi connectivity index (χ0n) is 11.4. The molecule has 0 aromatic heterocycles. The fourth-order valence-corrected chi connectivity index (χ4v) is 2.91. The number of aliphatic hydroxyl groups excluding tert-OH is 1. The lowest BCUT2D eigenvalue weighted by Crippen LogP contribution is -2.47. The number of carbonyl (C=O) groups is 1. The van der Waals surface area contributed by atoms with Gasteiger partial charge >= 0.3 is 0 Å². The molecule has 5 heteroatoms. The maximum absolute atomic E-state index is 12.4. The van der Waals surface area contributed by atoms with Crippen LogP contribution >= 0.6 is 12.2 Å². The molecule has 1 aliphatic heterocycles. The first-order valence-corrected chi connectivity index (χ1v) is 7.01. The molecule has 2 unspecified atom stereocenters. The second-order valence-electron chi connectivity index (χ2n) is 5.53. The highest BCUT2D eigenvalue weighted by atomic mass is 32.1. The van der Waals surface area contributed by atoms with Crippen LogP contribution in [-0.2, 0) is 4.79 Å². The number of hydrogen-bond acceptors (Lipinski definition) is 3. The van der Waals surface area contributed by atoms with E-state index in [9.17, 15) is 9.90 Å². The van der Waals surface area contributed by atoms with E-state index in [0.717, 1.165) is 12.8 Å². The number of amides is 1. The van der Waals surface area contributed by atoms with E-state index < -0.39 is 0 Å². The molecule has 2 atom stereocenters. The monoisotopic (exact) mass is 272 g/mol. The van der Waals surface area contributed by atoms with Crippen molar-refractivity contribution in [3.63, 3.8) is 0 Å². The average Bonchev–Trinajstić information content (AvgIpc) is 2.28. The molecule has 1 rings (SSSR count). The number of nitrogens with zero attached hydrogens (tertiary/aromatic N) is 1. The van der Waals surface area contributed by atoms with Gasteiger partial charge in [-0.25, -0.2) is 0 Å². The van der Waals surface area contributed by atoms with E-state index >= 15 is 0 Å². The van der Waals surface area contributed by atoms with Gasteiger partial charge in [0.1, 0.15) is 0 Å². The largest absolute Gasteiger partial charge is 0.393 e. The first-order chi connectivity index (χ1) is 8.34. The standard InChI is InChI=1S/C13H24N2O2S/c1-8(2)11(12(14)18)13(17)15-6-4-10(5-7-15)9(3)16/h8-11,16H,4-7H2,1-3H3,(H2,14,18). The molecule has 0 radical (unpaired) electrons. The smallest absolute Gasteiger partial charge is 0.232 e. The summed E-state index contributed by atoms with van der Waals surface area (Å²) in [5, 5.41) is 9.54. The summed E-state index contributed by atoms with van der Waals surface area (Å²) in [6.07, 6.45) is 1.41. The minimum atomic E-state index is -0.358. The lowest BCUT2D eigenvalue weighted by atomic mass is 9.89. The Hall–Kier alpha value is -0.680. The fourth-order valence-electron chi connectivity index (χ4n) is 2.53. The number of nitrogens with two attached hydrogens (primary N) is 1. The highest BCUT2D eigenvalue weighted by Gasteiger charge is 2.32. The van der Waals surface area contributed by atoms with E-state index in [-0.39, 0.29) is 28.8 Å². The molecule has 1 heterocycles. The summed E-state index contributed by atoms with van der Waals surface area (Å²) < 4.78 is 0. The molecule has 0 aromatic carbocycles. The third-order valence-corrected chi connectivity index (χ3v) is 4.03. The number of hydrogen-bond donors (Lipinski definition) is 2. The van der Waals surface area contributed by atoms with Gasteiger partial charge in [-0.1, -0.05) is 26.1 Å². The number of carbonyl (C=O) groups excluding carboxylic acids is 1. The van der Waals surface area contributed by atoms with E-state index in [1.165, 1.54) is 0 Å². The number of piperidine rings is 1. The van der Waals surface area contributed by atoms with Crippen LogP contribution in [0.3, 0.4) is 0 Å². The molecule has 0 aliphatic carbocycles. The highest BCUT2D eigenvalue weighted by Crippen LogP contribution is 2.23. The summed E-state index contributed by atoms with van der Waals surface area (Å²) in [7, 11) is 0. The van der Waals surface area contributed by atoms with Gasteiger partial charge in [-0.05, 0) is 31.6 Å². The van der Waals surface area contributed by atoms with Crippen molar-refractivity contribution in [2.24, 2.45) is 23.5 Å². The van der Waals surface area contributed by atoms with Crippen molar-refractivity contribution < 1.29 is 9.90 Å². The molecule has 0 saturated carbocycles. The minimum absolute atomic E-state index is 0.0431. The number of aliphatic hydroxyl groups is 1. The topological polar surface area (TPSA) is 66.6 Å². The Balaban J connectivity index is 2.61. The predicted octanol–water partition coefficient (Wildman–Crippen LogP) is 1.16. The Morgan fingerprint density at radius 3 is 2.17 bits per heavy atom. The van der Waals surface area contributed by atoms with Gasteiger partial charge in [0, 0.05) is 13.1 Å². The van der Waals surface area contributed by atoms with Gasteiger partial charge in [-0.2, -0.15) is 0 Å². The highest BCUT2D eigenvalue weighted by molar-refractivity contribution is 7.80. The zero-order valence-corrected chi connectivity index (χ0v) is 12.2. The summed E-state index contributed by atoms with van der Waals surface area (Å²) in [5.74, 6) is 0.116. The van der Waals surface area contributed by atoms with Crippen molar-refractivity contribution in [1.82, 2.24) is 4.90 Å². The molecule has 104 valence electrons. The summed E-state index contributed by atoms with van der Waals surface area (Å²) in [5.41, 5.74) is 5.66. The third kappa shape index (κ3) is 3.65. The van der Waals surface area contributed by atoms with Gasteiger partial charge in [-0.3, -0.25) is 4.79 Å². The van der Waals surface area contributed by atoms with E-state index in [4.69, 9.17) is 18.0 Å². The Kier molecular flexibility index (Phi) is 5.53. The van der Waals surface area contributed by atoms with Gasteiger partial charge in [-0.15, -0.1) is 0 Å². The molecule has 0 spiro atoms. The van der Waals surface area contributed by atoms with Crippen LogP contribution < -0.4 is 5.73 Å². The maximum Gasteiger partial charge on any atom is 0.232 e. The molecule has 0 aromatic rings. The second-order valence-corrected chi connectivity index (χ2v) is 6.00. The minimum Gasteiger partial charge on any atom is -0.393 e. The van der Waals surface area contributed by atoms with E-state index in [2.05, 4.69) is 0 Å². The molecule has 18 heavy (non-hydrogen) atoms. The van der Waals surface area contributed by atoms with E-state index in [0.29, 0.717) is 19.0 Å². The Bertz CT molecular complexity index is 310. The molecule has 1 fully saturated rings. The van der Waals surface area contributed by atoms with Gasteiger partial charge in [0.25, 0.3) is 0 Å². The predicted molar refractivity (Wildman–Crippen MR) is 76.1 cm³/mol. The van der Waals surface area contributed by atoms with Crippen molar-refractivity contribution in [2.45, 2.75) is 39.7 Å². The van der Waals surface area contributed by atoms with Crippen molar-refractivity contribution in [2.75, 3.05) is 13.1 Å². The van der Waals surface area contributed by atoms with Gasteiger partial charge < -0.3 is 15.7 Å². The fraction of sp³-hybridized carbons (Fsp3) is 0.846.